The lowest BCUT2D eigenvalue weighted by molar-refractivity contribution is 0.447. The third-order valence-electron chi connectivity index (χ3n) is 6.08. The largest absolute Gasteiger partial charge is 0.221 e. The number of hydrogen-bond donors (Lipinski definition) is 0. The van der Waals surface area contributed by atoms with Gasteiger partial charge in [-0.2, -0.15) is 11.1 Å². The molecule has 2 aromatic rings. The molecular formula is C22H25BClSi. The smallest absolute Gasteiger partial charge is 0.157 e. The zero-order valence-electron chi connectivity index (χ0n) is 14.7. The van der Waals surface area contributed by atoms with E-state index in [0.717, 1.165) is 11.6 Å². The minimum Gasteiger partial charge on any atom is -0.157 e. The van der Waals surface area contributed by atoms with Crippen molar-refractivity contribution in [2.75, 3.05) is 0 Å². The average molecular weight is 364 g/mol. The van der Waals surface area contributed by atoms with Crippen molar-refractivity contribution in [1.82, 2.24) is 0 Å². The highest BCUT2D eigenvalue weighted by molar-refractivity contribution is 7.23. The van der Waals surface area contributed by atoms with Crippen molar-refractivity contribution in [3.05, 3.63) is 71.3 Å². The molecule has 0 atom stereocenters. The summed E-state index contributed by atoms with van der Waals surface area (Å²) in [6.45, 7) is 0.703. The lowest BCUT2D eigenvalue weighted by Crippen LogP contribution is -2.43. The summed E-state index contributed by atoms with van der Waals surface area (Å²) in [5.41, 5.74) is 1.31. The fourth-order valence-corrected chi connectivity index (χ4v) is 7.77. The molecule has 0 aliphatic carbocycles. The van der Waals surface area contributed by atoms with Crippen molar-refractivity contribution in [3.63, 3.8) is 0 Å². The van der Waals surface area contributed by atoms with Gasteiger partial charge < -0.3 is 0 Å². The van der Waals surface area contributed by atoms with Crippen LogP contribution in [-0.4, -0.2) is 14.8 Å². The minimum atomic E-state index is -1.21. The molecule has 0 nitrogen and oxygen atoms in total. The highest BCUT2D eigenvalue weighted by Crippen LogP contribution is 2.49. The average Bonchev–Trinajstić information content (AvgIpc) is 2.66. The molecule has 1 radical (unpaired) electrons. The SMILES string of the molecule is Cl[Si](/C(=C\c1ccccc1)B1C2CCCC1CCC2)c1ccccc1. The summed E-state index contributed by atoms with van der Waals surface area (Å²) in [5.74, 6) is 1.70. The fraction of sp³-hybridized carbons (Fsp3) is 0.364. The van der Waals surface area contributed by atoms with Crippen LogP contribution in [0.1, 0.15) is 44.1 Å². The normalized spacial score (nSPS) is 23.8. The Kier molecular flexibility index (Phi) is 5.48. The van der Waals surface area contributed by atoms with Gasteiger partial charge in [0.1, 0.15) is 0 Å². The molecule has 2 heterocycles. The number of rotatable bonds is 4. The zero-order chi connectivity index (χ0) is 17.1. The fourth-order valence-electron chi connectivity index (χ4n) is 4.97. The van der Waals surface area contributed by atoms with Crippen LogP contribution in [0.3, 0.4) is 0 Å². The van der Waals surface area contributed by atoms with Gasteiger partial charge in [-0.25, -0.2) is 0 Å². The summed E-state index contributed by atoms with van der Waals surface area (Å²) in [6, 6.07) is 21.6. The summed E-state index contributed by atoms with van der Waals surface area (Å²) >= 11 is 7.20. The van der Waals surface area contributed by atoms with E-state index < -0.39 is 8.11 Å². The molecule has 2 aromatic carbocycles. The maximum absolute atomic E-state index is 7.20. The maximum atomic E-state index is 7.20. The van der Waals surface area contributed by atoms with Crippen molar-refractivity contribution in [2.24, 2.45) is 0 Å². The van der Waals surface area contributed by atoms with Gasteiger partial charge >= 0.3 is 0 Å². The summed E-state index contributed by atoms with van der Waals surface area (Å²) in [7, 11) is -1.21. The summed E-state index contributed by atoms with van der Waals surface area (Å²) in [5, 5.41) is 2.89. The quantitative estimate of drug-likeness (QED) is 0.469. The van der Waals surface area contributed by atoms with Gasteiger partial charge in [0, 0.05) is 0 Å². The van der Waals surface area contributed by atoms with Gasteiger partial charge in [0.2, 0.25) is 8.11 Å². The van der Waals surface area contributed by atoms with Crippen LogP contribution in [0.4, 0.5) is 0 Å². The van der Waals surface area contributed by atoms with Crippen molar-refractivity contribution >= 4 is 37.2 Å². The molecule has 4 rings (SSSR count). The maximum Gasteiger partial charge on any atom is 0.221 e. The molecule has 0 unspecified atom stereocenters. The summed E-state index contributed by atoms with van der Waals surface area (Å²) in [4.78, 5) is 0. The molecule has 0 saturated carbocycles. The van der Waals surface area contributed by atoms with Crippen LogP contribution >= 0.6 is 11.1 Å². The van der Waals surface area contributed by atoms with E-state index in [0.29, 0.717) is 6.71 Å². The monoisotopic (exact) mass is 363 g/mol. The Morgan fingerprint density at radius 2 is 1.36 bits per heavy atom. The Morgan fingerprint density at radius 3 is 1.92 bits per heavy atom. The van der Waals surface area contributed by atoms with Crippen LogP contribution in [0, 0.1) is 0 Å². The Bertz CT molecular complexity index is 693. The predicted octanol–water partition coefficient (Wildman–Crippen LogP) is 5.89. The number of hydrogen-bond acceptors (Lipinski definition) is 0. The van der Waals surface area contributed by atoms with Gasteiger partial charge in [-0.05, 0) is 10.8 Å². The number of fused-ring (bicyclic) bond motifs is 2. The van der Waals surface area contributed by atoms with Crippen LogP contribution in [0.5, 0.6) is 0 Å². The number of benzene rings is 2. The summed E-state index contributed by atoms with van der Waals surface area (Å²) in [6.07, 6.45) is 10.9. The lowest BCUT2D eigenvalue weighted by atomic mass is 9.27. The van der Waals surface area contributed by atoms with Crippen LogP contribution in [0.25, 0.3) is 6.08 Å². The first-order valence-electron chi connectivity index (χ1n) is 9.68. The van der Waals surface area contributed by atoms with Gasteiger partial charge in [-0.1, -0.05) is 122 Å². The van der Waals surface area contributed by atoms with Gasteiger partial charge in [-0.15, -0.1) is 0 Å². The van der Waals surface area contributed by atoms with E-state index >= 15 is 0 Å². The zero-order valence-corrected chi connectivity index (χ0v) is 16.5. The Balaban J connectivity index is 1.75. The molecule has 3 heteroatoms. The van der Waals surface area contributed by atoms with Gasteiger partial charge in [0.15, 0.2) is 6.71 Å². The lowest BCUT2D eigenvalue weighted by Gasteiger charge is -2.42. The van der Waals surface area contributed by atoms with E-state index in [2.05, 4.69) is 66.7 Å². The first-order chi connectivity index (χ1) is 12.3. The highest BCUT2D eigenvalue weighted by atomic mass is 35.6. The second-order valence-electron chi connectivity index (χ2n) is 7.60. The van der Waals surface area contributed by atoms with Gasteiger partial charge in [0.25, 0.3) is 0 Å². The Morgan fingerprint density at radius 1 is 0.840 bits per heavy atom. The second-order valence-corrected chi connectivity index (χ2v) is 10.5. The van der Waals surface area contributed by atoms with E-state index in [1.54, 1.807) is 5.10 Å². The molecule has 127 valence electrons. The predicted molar refractivity (Wildman–Crippen MR) is 113 cm³/mol. The van der Waals surface area contributed by atoms with Crippen LogP contribution in [0.2, 0.25) is 11.6 Å². The van der Waals surface area contributed by atoms with Gasteiger partial charge in [0.05, 0.1) is 0 Å². The standard InChI is InChI=1S/C22H25BClSi/c24-25(21-15-5-2-6-16-21)22(17-18-9-3-1-4-10-18)23-19-11-7-12-20(23)14-8-13-19/h1-6,9-10,15-17,19-20H,7-8,11-14H2/b22-17-. The van der Waals surface area contributed by atoms with E-state index in [9.17, 15) is 0 Å². The molecule has 2 aliphatic rings. The van der Waals surface area contributed by atoms with E-state index in [-0.39, 0.29) is 0 Å². The van der Waals surface area contributed by atoms with Crippen molar-refractivity contribution in [1.29, 1.82) is 0 Å². The van der Waals surface area contributed by atoms with E-state index in [1.807, 2.05) is 0 Å². The second kappa shape index (κ2) is 7.97. The van der Waals surface area contributed by atoms with E-state index in [4.69, 9.17) is 11.1 Å². The molecule has 0 amide bonds. The molecule has 25 heavy (non-hydrogen) atoms. The third kappa shape index (κ3) is 3.80. The molecule has 2 fully saturated rings. The minimum absolute atomic E-state index is 0.703. The Labute approximate surface area is 158 Å². The molecular weight excluding hydrogens is 339 g/mol. The summed E-state index contributed by atoms with van der Waals surface area (Å²) < 4.78 is 0. The van der Waals surface area contributed by atoms with E-state index in [1.165, 1.54) is 49.3 Å². The third-order valence-corrected chi connectivity index (χ3v) is 9.21. The topological polar surface area (TPSA) is 0 Å². The van der Waals surface area contributed by atoms with Crippen molar-refractivity contribution < 1.29 is 0 Å². The van der Waals surface area contributed by atoms with Crippen molar-refractivity contribution in [3.8, 4) is 0 Å². The van der Waals surface area contributed by atoms with Crippen LogP contribution in [-0.2, 0) is 0 Å². The van der Waals surface area contributed by atoms with Gasteiger partial charge in [-0.3, -0.25) is 0 Å². The molecule has 0 N–H and O–H groups in total. The molecule has 0 spiro atoms. The molecule has 2 aliphatic heterocycles. The molecule has 2 saturated heterocycles. The number of halogens is 1. The first kappa shape index (κ1) is 17.2. The molecule has 2 bridgehead atoms. The molecule has 0 aromatic heterocycles. The van der Waals surface area contributed by atoms with Crippen LogP contribution < -0.4 is 5.19 Å². The highest BCUT2D eigenvalue weighted by Gasteiger charge is 2.43. The van der Waals surface area contributed by atoms with Crippen molar-refractivity contribution in [2.45, 2.75) is 50.2 Å². The Hall–Kier alpha value is -1.25. The van der Waals surface area contributed by atoms with Crippen LogP contribution in [0.15, 0.2) is 65.8 Å². The first-order valence-corrected chi connectivity index (χ1v) is 12.2.